The van der Waals surface area contributed by atoms with Gasteiger partial charge in [0.05, 0.1) is 0 Å². The molecular formula is C16H21N3. The second-order valence-corrected chi connectivity index (χ2v) is 4.63. The van der Waals surface area contributed by atoms with Crippen LogP contribution in [0.5, 0.6) is 0 Å². The first-order valence-electron chi connectivity index (χ1n) is 6.70. The van der Waals surface area contributed by atoms with E-state index >= 15 is 0 Å². The first-order chi connectivity index (χ1) is 9.31. The number of pyridine rings is 1. The maximum atomic E-state index is 4.16. The molecule has 1 N–H and O–H groups in total. The van der Waals surface area contributed by atoms with Crippen LogP contribution in [0.3, 0.4) is 0 Å². The molecule has 1 aromatic heterocycles. The quantitative estimate of drug-likeness (QED) is 0.860. The highest BCUT2D eigenvalue weighted by Gasteiger charge is 2.07. The predicted octanol–water partition coefficient (Wildman–Crippen LogP) is 2.83. The molecule has 0 spiro atoms. The summed E-state index contributed by atoms with van der Waals surface area (Å²) in [7, 11) is 2.12. The van der Waals surface area contributed by atoms with E-state index in [9.17, 15) is 0 Å². The van der Waals surface area contributed by atoms with Crippen LogP contribution in [-0.4, -0.2) is 18.6 Å². The monoisotopic (exact) mass is 255 g/mol. The lowest BCUT2D eigenvalue weighted by Gasteiger charge is -2.22. The van der Waals surface area contributed by atoms with Gasteiger partial charge in [-0.1, -0.05) is 31.2 Å². The summed E-state index contributed by atoms with van der Waals surface area (Å²) in [5.74, 6) is 0. The number of rotatable bonds is 6. The van der Waals surface area contributed by atoms with Crippen molar-refractivity contribution in [2.24, 2.45) is 0 Å². The number of para-hydroxylation sites is 1. The molecule has 0 radical (unpaired) electrons. The largest absolute Gasteiger partial charge is 0.370 e. The lowest BCUT2D eigenvalue weighted by Crippen LogP contribution is -2.20. The smallest absolute Gasteiger partial charge is 0.0441 e. The van der Waals surface area contributed by atoms with Crippen molar-refractivity contribution in [3.63, 3.8) is 0 Å². The van der Waals surface area contributed by atoms with Gasteiger partial charge >= 0.3 is 0 Å². The van der Waals surface area contributed by atoms with E-state index in [0.29, 0.717) is 0 Å². The Morgan fingerprint density at radius 3 is 2.74 bits per heavy atom. The molecule has 0 amide bonds. The number of benzene rings is 1. The zero-order chi connectivity index (χ0) is 13.5. The summed E-state index contributed by atoms with van der Waals surface area (Å²) < 4.78 is 0. The molecule has 0 saturated carbocycles. The van der Waals surface area contributed by atoms with Crippen molar-refractivity contribution in [2.45, 2.75) is 20.0 Å². The summed E-state index contributed by atoms with van der Waals surface area (Å²) in [4.78, 5) is 6.43. The van der Waals surface area contributed by atoms with Gasteiger partial charge in [-0.15, -0.1) is 0 Å². The molecule has 0 aliphatic rings. The van der Waals surface area contributed by atoms with Crippen molar-refractivity contribution >= 4 is 5.69 Å². The van der Waals surface area contributed by atoms with Crippen molar-refractivity contribution in [2.75, 3.05) is 18.5 Å². The molecule has 0 atom stereocenters. The Labute approximate surface area is 115 Å². The van der Waals surface area contributed by atoms with E-state index < -0.39 is 0 Å². The molecule has 3 nitrogen and oxygen atoms in total. The van der Waals surface area contributed by atoms with E-state index in [1.54, 1.807) is 0 Å². The van der Waals surface area contributed by atoms with Crippen LogP contribution in [0.25, 0.3) is 0 Å². The van der Waals surface area contributed by atoms with Gasteiger partial charge in [0, 0.05) is 38.2 Å². The third kappa shape index (κ3) is 3.80. The summed E-state index contributed by atoms with van der Waals surface area (Å²) in [6, 6.07) is 12.6. The van der Waals surface area contributed by atoms with Gasteiger partial charge in [0.25, 0.3) is 0 Å². The molecule has 3 heteroatoms. The van der Waals surface area contributed by atoms with Gasteiger partial charge < -0.3 is 10.2 Å². The van der Waals surface area contributed by atoms with Crippen LogP contribution in [-0.2, 0) is 13.1 Å². The molecule has 0 aliphatic carbocycles. The van der Waals surface area contributed by atoms with E-state index in [1.807, 2.05) is 18.5 Å². The summed E-state index contributed by atoms with van der Waals surface area (Å²) in [6.07, 6.45) is 3.73. The van der Waals surface area contributed by atoms with Crippen molar-refractivity contribution in [3.8, 4) is 0 Å². The van der Waals surface area contributed by atoms with Gasteiger partial charge in [-0.25, -0.2) is 0 Å². The first-order valence-corrected chi connectivity index (χ1v) is 6.70. The van der Waals surface area contributed by atoms with E-state index in [2.05, 4.69) is 59.5 Å². The summed E-state index contributed by atoms with van der Waals surface area (Å²) in [6.45, 7) is 4.89. The number of nitrogens with zero attached hydrogens (tertiary/aromatic N) is 2. The minimum absolute atomic E-state index is 0.872. The average Bonchev–Trinajstić information content (AvgIpc) is 2.46. The van der Waals surface area contributed by atoms with Crippen LogP contribution in [0.1, 0.15) is 18.1 Å². The SMILES string of the molecule is CCNCc1ccccc1N(C)Cc1cccnc1. The highest BCUT2D eigenvalue weighted by atomic mass is 15.1. The topological polar surface area (TPSA) is 28.2 Å². The van der Waals surface area contributed by atoms with Crippen LogP contribution < -0.4 is 10.2 Å². The molecule has 0 unspecified atom stereocenters. The normalized spacial score (nSPS) is 10.4. The zero-order valence-electron chi connectivity index (χ0n) is 11.6. The Hall–Kier alpha value is -1.87. The molecule has 1 heterocycles. The summed E-state index contributed by atoms with van der Waals surface area (Å²) in [5.41, 5.74) is 3.83. The lowest BCUT2D eigenvalue weighted by molar-refractivity contribution is 0.723. The van der Waals surface area contributed by atoms with Gasteiger partial charge in [-0.2, -0.15) is 0 Å². The van der Waals surface area contributed by atoms with Crippen LogP contribution in [0, 0.1) is 0 Å². The van der Waals surface area contributed by atoms with E-state index in [-0.39, 0.29) is 0 Å². The van der Waals surface area contributed by atoms with Crippen molar-refractivity contribution < 1.29 is 0 Å². The Balaban J connectivity index is 2.12. The van der Waals surface area contributed by atoms with Crippen molar-refractivity contribution in [1.29, 1.82) is 0 Å². The molecule has 0 fully saturated rings. The maximum absolute atomic E-state index is 4.16. The van der Waals surface area contributed by atoms with Crippen LogP contribution >= 0.6 is 0 Å². The molecule has 19 heavy (non-hydrogen) atoms. The standard InChI is InChI=1S/C16H21N3/c1-3-17-12-15-8-4-5-9-16(15)19(2)13-14-7-6-10-18-11-14/h4-11,17H,3,12-13H2,1-2H3. The minimum atomic E-state index is 0.872. The fourth-order valence-corrected chi connectivity index (χ4v) is 2.14. The lowest BCUT2D eigenvalue weighted by atomic mass is 10.1. The van der Waals surface area contributed by atoms with Gasteiger partial charge in [0.1, 0.15) is 0 Å². The second kappa shape index (κ2) is 6.90. The van der Waals surface area contributed by atoms with E-state index in [4.69, 9.17) is 0 Å². The number of hydrogen-bond acceptors (Lipinski definition) is 3. The van der Waals surface area contributed by atoms with Gasteiger partial charge in [-0.05, 0) is 29.8 Å². The molecule has 0 aliphatic heterocycles. The molecule has 1 aromatic carbocycles. The Morgan fingerprint density at radius 2 is 2.00 bits per heavy atom. The number of aromatic nitrogens is 1. The molecule has 100 valence electrons. The molecule has 0 saturated heterocycles. The van der Waals surface area contributed by atoms with E-state index in [1.165, 1.54) is 16.8 Å². The van der Waals surface area contributed by atoms with Gasteiger partial charge in [0.2, 0.25) is 0 Å². The van der Waals surface area contributed by atoms with Gasteiger partial charge in [0.15, 0.2) is 0 Å². The number of nitrogens with one attached hydrogen (secondary N) is 1. The Kier molecular flexibility index (Phi) is 4.93. The van der Waals surface area contributed by atoms with Crippen molar-refractivity contribution in [1.82, 2.24) is 10.3 Å². The zero-order valence-corrected chi connectivity index (χ0v) is 11.6. The third-order valence-electron chi connectivity index (χ3n) is 3.11. The Morgan fingerprint density at radius 1 is 1.16 bits per heavy atom. The second-order valence-electron chi connectivity index (χ2n) is 4.63. The van der Waals surface area contributed by atoms with Crippen LogP contribution in [0.2, 0.25) is 0 Å². The summed E-state index contributed by atoms with van der Waals surface area (Å²) in [5, 5.41) is 3.38. The summed E-state index contributed by atoms with van der Waals surface area (Å²) >= 11 is 0. The first kappa shape index (κ1) is 13.6. The molecule has 2 aromatic rings. The molecule has 2 rings (SSSR count). The van der Waals surface area contributed by atoms with Gasteiger partial charge in [-0.3, -0.25) is 4.98 Å². The third-order valence-corrected chi connectivity index (χ3v) is 3.11. The van der Waals surface area contributed by atoms with Crippen LogP contribution in [0.4, 0.5) is 5.69 Å². The fraction of sp³-hybridized carbons (Fsp3) is 0.312. The maximum Gasteiger partial charge on any atom is 0.0441 e. The Bertz CT molecular complexity index is 496. The molecular weight excluding hydrogens is 234 g/mol. The highest BCUT2D eigenvalue weighted by Crippen LogP contribution is 2.20. The fourth-order valence-electron chi connectivity index (χ4n) is 2.14. The van der Waals surface area contributed by atoms with Crippen LogP contribution in [0.15, 0.2) is 48.8 Å². The molecule has 0 bridgehead atoms. The highest BCUT2D eigenvalue weighted by molar-refractivity contribution is 5.53. The number of anilines is 1. The van der Waals surface area contributed by atoms with E-state index in [0.717, 1.165) is 19.6 Å². The predicted molar refractivity (Wildman–Crippen MR) is 80.2 cm³/mol. The average molecular weight is 255 g/mol. The number of hydrogen-bond donors (Lipinski definition) is 1. The van der Waals surface area contributed by atoms with Crippen molar-refractivity contribution in [3.05, 3.63) is 59.9 Å². The minimum Gasteiger partial charge on any atom is -0.370 e.